The SMILES string of the molecule is Cc1ccc(C(=O)NNS(=O)(=O)c2c(C)nn(C)c2C)cc1. The first-order valence-corrected chi connectivity index (χ1v) is 8.09. The third kappa shape index (κ3) is 3.18. The van der Waals surface area contributed by atoms with E-state index in [1.54, 1.807) is 45.2 Å². The van der Waals surface area contributed by atoms with E-state index in [1.807, 2.05) is 6.92 Å². The molecule has 118 valence electrons. The topological polar surface area (TPSA) is 93.1 Å². The Bertz CT molecular complexity index is 807. The van der Waals surface area contributed by atoms with Crippen molar-refractivity contribution in [1.29, 1.82) is 0 Å². The molecule has 2 rings (SSSR count). The highest BCUT2D eigenvalue weighted by molar-refractivity contribution is 7.89. The van der Waals surface area contributed by atoms with E-state index in [1.165, 1.54) is 4.68 Å². The predicted molar refractivity (Wildman–Crippen MR) is 81.6 cm³/mol. The van der Waals surface area contributed by atoms with E-state index in [9.17, 15) is 13.2 Å². The Hall–Kier alpha value is -2.19. The van der Waals surface area contributed by atoms with Crippen molar-refractivity contribution in [2.75, 3.05) is 0 Å². The molecule has 2 N–H and O–H groups in total. The Morgan fingerprint density at radius 2 is 1.73 bits per heavy atom. The number of aryl methyl sites for hydroxylation is 3. The van der Waals surface area contributed by atoms with E-state index < -0.39 is 15.9 Å². The second kappa shape index (κ2) is 5.90. The number of benzene rings is 1. The summed E-state index contributed by atoms with van der Waals surface area (Å²) < 4.78 is 26.1. The van der Waals surface area contributed by atoms with Crippen LogP contribution in [0.3, 0.4) is 0 Å². The van der Waals surface area contributed by atoms with Crippen LogP contribution in [-0.2, 0) is 17.1 Å². The van der Waals surface area contributed by atoms with Gasteiger partial charge in [0.25, 0.3) is 15.9 Å². The average molecular weight is 322 g/mol. The molecule has 8 heteroatoms. The van der Waals surface area contributed by atoms with Gasteiger partial charge in [0.1, 0.15) is 4.90 Å². The van der Waals surface area contributed by atoms with Crippen molar-refractivity contribution in [3.63, 3.8) is 0 Å². The zero-order valence-corrected chi connectivity index (χ0v) is 13.7. The fraction of sp³-hybridized carbons (Fsp3) is 0.286. The molecule has 0 aliphatic carbocycles. The van der Waals surface area contributed by atoms with Gasteiger partial charge in [-0.2, -0.15) is 5.10 Å². The molecule has 0 aliphatic rings. The van der Waals surface area contributed by atoms with Crippen LogP contribution in [0.2, 0.25) is 0 Å². The van der Waals surface area contributed by atoms with Crippen molar-refractivity contribution < 1.29 is 13.2 Å². The number of hydrogen-bond acceptors (Lipinski definition) is 4. The minimum absolute atomic E-state index is 0.0687. The second-order valence-corrected chi connectivity index (χ2v) is 6.67. The molecule has 1 amide bonds. The molecule has 1 heterocycles. The normalized spacial score (nSPS) is 11.5. The molecular weight excluding hydrogens is 304 g/mol. The summed E-state index contributed by atoms with van der Waals surface area (Å²) in [6.45, 7) is 5.15. The van der Waals surface area contributed by atoms with Gasteiger partial charge in [-0.3, -0.25) is 14.9 Å². The number of nitrogens with zero attached hydrogens (tertiary/aromatic N) is 2. The quantitative estimate of drug-likeness (QED) is 0.820. The first kappa shape index (κ1) is 16.2. The van der Waals surface area contributed by atoms with Crippen molar-refractivity contribution in [3.05, 3.63) is 46.8 Å². The van der Waals surface area contributed by atoms with Crippen LogP contribution in [0.15, 0.2) is 29.2 Å². The van der Waals surface area contributed by atoms with Gasteiger partial charge in [-0.15, -0.1) is 4.83 Å². The first-order chi connectivity index (χ1) is 10.2. The lowest BCUT2D eigenvalue weighted by Gasteiger charge is -2.09. The zero-order valence-electron chi connectivity index (χ0n) is 12.8. The molecule has 1 aromatic heterocycles. The molecule has 0 atom stereocenters. The van der Waals surface area contributed by atoms with Gasteiger partial charge in [0, 0.05) is 12.6 Å². The smallest absolute Gasteiger partial charge is 0.266 e. The number of hydrazine groups is 1. The van der Waals surface area contributed by atoms with E-state index in [4.69, 9.17) is 0 Å². The summed E-state index contributed by atoms with van der Waals surface area (Å²) in [5.74, 6) is -0.525. The van der Waals surface area contributed by atoms with Crippen LogP contribution >= 0.6 is 0 Å². The van der Waals surface area contributed by atoms with E-state index in [-0.39, 0.29) is 4.90 Å². The molecule has 0 saturated heterocycles. The zero-order chi connectivity index (χ0) is 16.5. The second-order valence-electron chi connectivity index (χ2n) is 5.05. The highest BCUT2D eigenvalue weighted by atomic mass is 32.2. The Morgan fingerprint density at radius 3 is 2.23 bits per heavy atom. The van der Waals surface area contributed by atoms with E-state index in [0.29, 0.717) is 17.0 Å². The van der Waals surface area contributed by atoms with Crippen molar-refractivity contribution in [2.45, 2.75) is 25.7 Å². The standard InChI is InChI=1S/C14H18N4O3S/c1-9-5-7-12(8-6-9)14(19)15-17-22(20,21)13-10(2)16-18(4)11(13)3/h5-8,17H,1-4H3,(H,15,19). The average Bonchev–Trinajstić information content (AvgIpc) is 2.71. The van der Waals surface area contributed by atoms with Gasteiger partial charge in [0.15, 0.2) is 0 Å². The Labute approximate surface area is 129 Å². The van der Waals surface area contributed by atoms with Crippen LogP contribution in [0.4, 0.5) is 0 Å². The summed E-state index contributed by atoms with van der Waals surface area (Å²) in [7, 11) is -2.22. The predicted octanol–water partition coefficient (Wildman–Crippen LogP) is 0.969. The number of sulfonamides is 1. The van der Waals surface area contributed by atoms with Crippen molar-refractivity contribution in [1.82, 2.24) is 20.0 Å². The van der Waals surface area contributed by atoms with E-state index in [0.717, 1.165) is 5.56 Å². The van der Waals surface area contributed by atoms with Crippen molar-refractivity contribution in [3.8, 4) is 0 Å². The van der Waals surface area contributed by atoms with Crippen LogP contribution in [0, 0.1) is 20.8 Å². The molecular formula is C14H18N4O3S. The fourth-order valence-electron chi connectivity index (χ4n) is 2.08. The summed E-state index contributed by atoms with van der Waals surface area (Å²) in [6, 6.07) is 6.80. The summed E-state index contributed by atoms with van der Waals surface area (Å²) in [4.78, 5) is 14.1. The Balaban J connectivity index is 2.16. The molecule has 0 spiro atoms. The van der Waals surface area contributed by atoms with Crippen molar-refractivity contribution in [2.24, 2.45) is 7.05 Å². The largest absolute Gasteiger partial charge is 0.273 e. The molecule has 0 bridgehead atoms. The number of aromatic nitrogens is 2. The minimum atomic E-state index is -3.88. The van der Waals surface area contributed by atoms with Gasteiger partial charge >= 0.3 is 0 Å². The minimum Gasteiger partial charge on any atom is -0.273 e. The Morgan fingerprint density at radius 1 is 1.14 bits per heavy atom. The van der Waals surface area contributed by atoms with Crippen molar-refractivity contribution >= 4 is 15.9 Å². The van der Waals surface area contributed by atoms with Gasteiger partial charge < -0.3 is 0 Å². The number of amides is 1. The molecule has 7 nitrogen and oxygen atoms in total. The third-order valence-corrected chi connectivity index (χ3v) is 4.82. The fourth-order valence-corrected chi connectivity index (χ4v) is 3.36. The highest BCUT2D eigenvalue weighted by Crippen LogP contribution is 2.17. The van der Waals surface area contributed by atoms with Gasteiger partial charge in [-0.25, -0.2) is 8.42 Å². The maximum Gasteiger partial charge on any atom is 0.266 e. The number of rotatable bonds is 4. The van der Waals surface area contributed by atoms with E-state index in [2.05, 4.69) is 15.4 Å². The highest BCUT2D eigenvalue weighted by Gasteiger charge is 2.24. The summed E-state index contributed by atoms with van der Waals surface area (Å²) >= 11 is 0. The van der Waals surface area contributed by atoms with Crippen LogP contribution in [-0.4, -0.2) is 24.1 Å². The molecule has 0 fully saturated rings. The Kier molecular flexibility index (Phi) is 4.34. The molecule has 2 aromatic rings. The van der Waals surface area contributed by atoms with E-state index >= 15 is 0 Å². The first-order valence-electron chi connectivity index (χ1n) is 6.61. The number of hydrogen-bond donors (Lipinski definition) is 2. The molecule has 0 saturated carbocycles. The lowest BCUT2D eigenvalue weighted by atomic mass is 10.1. The molecule has 0 unspecified atom stereocenters. The maximum absolute atomic E-state index is 12.3. The van der Waals surface area contributed by atoms with Crippen LogP contribution in [0.5, 0.6) is 0 Å². The summed E-state index contributed by atoms with van der Waals surface area (Å²) in [6.07, 6.45) is 0. The molecule has 0 radical (unpaired) electrons. The van der Waals surface area contributed by atoms with Crippen LogP contribution in [0.1, 0.15) is 27.3 Å². The number of carbonyl (C=O) groups excluding carboxylic acids is 1. The molecule has 0 aliphatic heterocycles. The molecule has 1 aromatic carbocycles. The third-order valence-electron chi connectivity index (χ3n) is 3.32. The van der Waals surface area contributed by atoms with Gasteiger partial charge in [-0.05, 0) is 32.9 Å². The van der Waals surface area contributed by atoms with Gasteiger partial charge in [-0.1, -0.05) is 17.7 Å². The number of carbonyl (C=O) groups is 1. The molecule has 22 heavy (non-hydrogen) atoms. The summed E-state index contributed by atoms with van der Waals surface area (Å²) in [5, 5.41) is 4.06. The summed E-state index contributed by atoms with van der Waals surface area (Å²) in [5.41, 5.74) is 4.46. The van der Waals surface area contributed by atoms with Crippen LogP contribution in [0.25, 0.3) is 0 Å². The number of nitrogens with one attached hydrogen (secondary N) is 2. The van der Waals surface area contributed by atoms with Gasteiger partial charge in [0.05, 0.1) is 11.4 Å². The lowest BCUT2D eigenvalue weighted by molar-refractivity contribution is 0.0945. The lowest BCUT2D eigenvalue weighted by Crippen LogP contribution is -2.41. The van der Waals surface area contributed by atoms with Gasteiger partial charge in [0.2, 0.25) is 0 Å². The monoisotopic (exact) mass is 322 g/mol. The van der Waals surface area contributed by atoms with Crippen LogP contribution < -0.4 is 10.3 Å². The maximum atomic E-state index is 12.3.